The number of nitrogens with zero attached hydrogens (tertiary/aromatic N) is 3. The third-order valence-corrected chi connectivity index (χ3v) is 5.12. The average Bonchev–Trinajstić information content (AvgIpc) is 2.93. The number of carbonyl (C=O) groups is 1. The maximum absolute atomic E-state index is 11.2. The van der Waals surface area contributed by atoms with Gasteiger partial charge >= 0.3 is 0 Å². The molecule has 0 fully saturated rings. The predicted molar refractivity (Wildman–Crippen MR) is 104 cm³/mol. The molecule has 3 aromatic rings. The van der Waals surface area contributed by atoms with E-state index in [1.807, 2.05) is 48.0 Å². The van der Waals surface area contributed by atoms with Crippen molar-refractivity contribution < 1.29 is 4.79 Å². The molecule has 0 saturated heterocycles. The topological polar surface area (TPSA) is 59.8 Å². The number of hydrogen-bond acceptors (Lipinski definition) is 4. The van der Waals surface area contributed by atoms with E-state index in [9.17, 15) is 4.79 Å². The van der Waals surface area contributed by atoms with Gasteiger partial charge in [0.25, 0.3) is 0 Å². The van der Waals surface area contributed by atoms with Crippen LogP contribution in [0.1, 0.15) is 12.5 Å². The van der Waals surface area contributed by atoms with Crippen molar-refractivity contribution in [2.24, 2.45) is 7.05 Å². The van der Waals surface area contributed by atoms with Gasteiger partial charge in [-0.15, -0.1) is 10.2 Å². The Hall–Kier alpha value is -2.12. The average molecular weight is 417 g/mol. The van der Waals surface area contributed by atoms with Gasteiger partial charge in [0.05, 0.1) is 0 Å². The number of amides is 1. The van der Waals surface area contributed by atoms with Crippen LogP contribution in [0.4, 0.5) is 5.69 Å². The largest absolute Gasteiger partial charge is 0.326 e. The number of nitrogens with one attached hydrogen (secondary N) is 1. The summed E-state index contributed by atoms with van der Waals surface area (Å²) in [5.74, 6) is 1.49. The Morgan fingerprint density at radius 1 is 1.20 bits per heavy atom. The van der Waals surface area contributed by atoms with Crippen LogP contribution >= 0.6 is 27.7 Å². The second kappa shape index (κ2) is 7.84. The fraction of sp³-hybridized carbons (Fsp3) is 0.167. The maximum atomic E-state index is 11.2. The van der Waals surface area contributed by atoms with Crippen molar-refractivity contribution in [2.45, 2.75) is 17.8 Å². The van der Waals surface area contributed by atoms with Crippen LogP contribution in [0.15, 0.2) is 58.2 Å². The van der Waals surface area contributed by atoms with Gasteiger partial charge in [-0.3, -0.25) is 4.79 Å². The van der Waals surface area contributed by atoms with E-state index in [-0.39, 0.29) is 5.91 Å². The van der Waals surface area contributed by atoms with E-state index in [0.717, 1.165) is 32.5 Å². The first-order valence-corrected chi connectivity index (χ1v) is 9.45. The molecule has 25 heavy (non-hydrogen) atoms. The molecule has 0 bridgehead atoms. The van der Waals surface area contributed by atoms with Gasteiger partial charge in [-0.05, 0) is 29.8 Å². The minimum Gasteiger partial charge on any atom is -0.326 e. The highest BCUT2D eigenvalue weighted by atomic mass is 79.9. The lowest BCUT2D eigenvalue weighted by Gasteiger charge is -2.07. The number of anilines is 1. The van der Waals surface area contributed by atoms with Gasteiger partial charge in [-0.25, -0.2) is 0 Å². The molecule has 5 nitrogen and oxygen atoms in total. The smallest absolute Gasteiger partial charge is 0.221 e. The molecule has 1 heterocycles. The molecule has 128 valence electrons. The van der Waals surface area contributed by atoms with Crippen LogP contribution in [-0.4, -0.2) is 20.7 Å². The first-order chi connectivity index (χ1) is 12.0. The van der Waals surface area contributed by atoms with Crippen molar-refractivity contribution in [1.82, 2.24) is 14.8 Å². The summed E-state index contributed by atoms with van der Waals surface area (Å²) in [6.45, 7) is 1.49. The third kappa shape index (κ3) is 4.49. The van der Waals surface area contributed by atoms with Crippen LogP contribution in [-0.2, 0) is 17.6 Å². The summed E-state index contributed by atoms with van der Waals surface area (Å²) in [5.41, 5.74) is 2.88. The zero-order valence-corrected chi connectivity index (χ0v) is 16.3. The van der Waals surface area contributed by atoms with E-state index in [2.05, 4.69) is 43.6 Å². The van der Waals surface area contributed by atoms with Gasteiger partial charge in [0.2, 0.25) is 5.91 Å². The Balaban J connectivity index is 1.78. The van der Waals surface area contributed by atoms with Crippen molar-refractivity contribution in [2.75, 3.05) is 5.32 Å². The highest BCUT2D eigenvalue weighted by Crippen LogP contribution is 2.27. The molecule has 0 aliphatic carbocycles. The number of hydrogen-bond donors (Lipinski definition) is 1. The zero-order chi connectivity index (χ0) is 17.8. The second-order valence-corrected chi connectivity index (χ2v) is 7.40. The van der Waals surface area contributed by atoms with Crippen molar-refractivity contribution in [3.8, 4) is 11.4 Å². The fourth-order valence-corrected chi connectivity index (χ4v) is 3.71. The van der Waals surface area contributed by atoms with E-state index in [1.54, 1.807) is 11.8 Å². The van der Waals surface area contributed by atoms with E-state index >= 15 is 0 Å². The van der Waals surface area contributed by atoms with Gasteiger partial charge < -0.3 is 9.88 Å². The van der Waals surface area contributed by atoms with Gasteiger partial charge in [-0.2, -0.15) is 0 Å². The lowest BCUT2D eigenvalue weighted by Crippen LogP contribution is -2.05. The molecule has 1 amide bonds. The van der Waals surface area contributed by atoms with Gasteiger partial charge in [0.15, 0.2) is 11.0 Å². The first-order valence-electron chi connectivity index (χ1n) is 7.67. The summed E-state index contributed by atoms with van der Waals surface area (Å²) in [4.78, 5) is 11.2. The molecule has 3 rings (SSSR count). The molecule has 1 aromatic heterocycles. The minimum absolute atomic E-state index is 0.0969. The normalized spacial score (nSPS) is 10.7. The van der Waals surface area contributed by atoms with Crippen molar-refractivity contribution in [1.29, 1.82) is 0 Å². The number of halogens is 1. The SMILES string of the molecule is CC(=O)Nc1cccc(-c2nnc(SCc3cccc(Br)c3)n2C)c1. The summed E-state index contributed by atoms with van der Waals surface area (Å²) in [7, 11) is 1.95. The Kier molecular flexibility index (Phi) is 5.55. The number of aromatic nitrogens is 3. The second-order valence-electron chi connectivity index (χ2n) is 5.55. The van der Waals surface area contributed by atoms with Gasteiger partial charge in [0, 0.05) is 35.4 Å². The lowest BCUT2D eigenvalue weighted by molar-refractivity contribution is -0.114. The van der Waals surface area contributed by atoms with E-state index < -0.39 is 0 Å². The summed E-state index contributed by atoms with van der Waals surface area (Å²) < 4.78 is 3.04. The molecule has 0 aliphatic heterocycles. The monoisotopic (exact) mass is 416 g/mol. The van der Waals surface area contributed by atoms with Crippen LogP contribution in [0.2, 0.25) is 0 Å². The maximum Gasteiger partial charge on any atom is 0.221 e. The summed E-state index contributed by atoms with van der Waals surface area (Å²) in [6.07, 6.45) is 0. The van der Waals surface area contributed by atoms with Gasteiger partial charge in [0.1, 0.15) is 0 Å². The number of benzene rings is 2. The molecule has 0 radical (unpaired) electrons. The molecule has 0 atom stereocenters. The summed E-state index contributed by atoms with van der Waals surface area (Å²) in [6, 6.07) is 15.8. The molecule has 0 spiro atoms. The van der Waals surface area contributed by atoms with Gasteiger partial charge in [-0.1, -0.05) is 52.0 Å². The minimum atomic E-state index is -0.0969. The first kappa shape index (κ1) is 17.7. The molecule has 0 unspecified atom stereocenters. The Morgan fingerprint density at radius 3 is 2.76 bits per heavy atom. The fourth-order valence-electron chi connectivity index (χ4n) is 2.41. The lowest BCUT2D eigenvalue weighted by atomic mass is 10.2. The number of thioether (sulfide) groups is 1. The highest BCUT2D eigenvalue weighted by Gasteiger charge is 2.12. The van der Waals surface area contributed by atoms with Crippen LogP contribution < -0.4 is 5.32 Å². The highest BCUT2D eigenvalue weighted by molar-refractivity contribution is 9.10. The molecule has 1 N–H and O–H groups in total. The van der Waals surface area contributed by atoms with E-state index in [4.69, 9.17) is 0 Å². The molecular formula is C18H17BrN4OS. The van der Waals surface area contributed by atoms with Crippen molar-refractivity contribution in [3.05, 3.63) is 58.6 Å². The van der Waals surface area contributed by atoms with Crippen LogP contribution in [0.5, 0.6) is 0 Å². The molecule has 7 heteroatoms. The molecule has 0 aliphatic rings. The zero-order valence-electron chi connectivity index (χ0n) is 13.9. The van der Waals surface area contributed by atoms with Crippen LogP contribution in [0.3, 0.4) is 0 Å². The predicted octanol–water partition coefficient (Wildman–Crippen LogP) is 4.50. The summed E-state index contributed by atoms with van der Waals surface area (Å²) in [5, 5.41) is 12.2. The quantitative estimate of drug-likeness (QED) is 0.622. The third-order valence-electron chi connectivity index (χ3n) is 3.53. The Bertz CT molecular complexity index is 910. The number of rotatable bonds is 5. The molecule has 2 aromatic carbocycles. The molecule has 0 saturated carbocycles. The molecular weight excluding hydrogens is 400 g/mol. The van der Waals surface area contributed by atoms with Crippen LogP contribution in [0, 0.1) is 0 Å². The Labute approximate surface area is 159 Å². The standard InChI is InChI=1S/C18H17BrN4OS/c1-12(24)20-16-8-4-6-14(10-16)17-21-22-18(23(17)2)25-11-13-5-3-7-15(19)9-13/h3-10H,11H2,1-2H3,(H,20,24). The van der Waals surface area contributed by atoms with Crippen molar-refractivity contribution in [3.63, 3.8) is 0 Å². The Morgan fingerprint density at radius 2 is 2.00 bits per heavy atom. The summed E-state index contributed by atoms with van der Waals surface area (Å²) >= 11 is 5.13. The number of carbonyl (C=O) groups excluding carboxylic acids is 1. The van der Waals surface area contributed by atoms with E-state index in [1.165, 1.54) is 12.5 Å². The van der Waals surface area contributed by atoms with Crippen LogP contribution in [0.25, 0.3) is 11.4 Å². The van der Waals surface area contributed by atoms with E-state index in [0.29, 0.717) is 0 Å². The van der Waals surface area contributed by atoms with Crippen molar-refractivity contribution >= 4 is 39.3 Å².